The number of nitrogens with zero attached hydrogens (tertiary/aromatic N) is 1. The van der Waals surface area contributed by atoms with E-state index in [1.165, 1.54) is 6.92 Å². The summed E-state index contributed by atoms with van der Waals surface area (Å²) in [4.78, 5) is 23.6. The van der Waals surface area contributed by atoms with Crippen LogP contribution in [0, 0.1) is 0 Å². The largest absolute Gasteiger partial charge is 0.495 e. The van der Waals surface area contributed by atoms with Crippen molar-refractivity contribution in [3.8, 4) is 5.75 Å². The van der Waals surface area contributed by atoms with Gasteiger partial charge in [-0.25, -0.2) is 0 Å². The zero-order valence-corrected chi connectivity index (χ0v) is 11.6. The van der Waals surface area contributed by atoms with E-state index in [-0.39, 0.29) is 11.7 Å². The number of amides is 1. The number of ether oxygens (including phenoxy) is 1. The molecule has 0 aliphatic rings. The van der Waals surface area contributed by atoms with Crippen LogP contribution >= 0.6 is 0 Å². The molecule has 1 amide bonds. The van der Waals surface area contributed by atoms with E-state index in [2.05, 4.69) is 5.32 Å². The van der Waals surface area contributed by atoms with Gasteiger partial charge in [0.25, 0.3) is 5.91 Å². The van der Waals surface area contributed by atoms with Gasteiger partial charge < -0.3 is 14.6 Å². The van der Waals surface area contributed by atoms with Crippen LogP contribution in [0.1, 0.15) is 27.8 Å². The summed E-state index contributed by atoms with van der Waals surface area (Å²) in [6.45, 7) is 1.47. The number of ketones is 1. The molecule has 5 nitrogen and oxygen atoms in total. The van der Waals surface area contributed by atoms with E-state index in [4.69, 9.17) is 4.74 Å². The van der Waals surface area contributed by atoms with E-state index in [0.29, 0.717) is 22.7 Å². The van der Waals surface area contributed by atoms with Crippen molar-refractivity contribution in [3.63, 3.8) is 0 Å². The van der Waals surface area contributed by atoms with Gasteiger partial charge in [-0.15, -0.1) is 0 Å². The summed E-state index contributed by atoms with van der Waals surface area (Å²) in [5.41, 5.74) is 1.52. The minimum Gasteiger partial charge on any atom is -0.495 e. The molecule has 1 aromatic heterocycles. The summed E-state index contributed by atoms with van der Waals surface area (Å²) in [5.74, 6) is 0.225. The standard InChI is InChI=1S/C15H16N2O3/c1-10(18)11-8-13(17(2)9-11)15(19)16-12-6-4-5-7-14(12)20-3/h4-9H,1-3H3,(H,16,19). The highest BCUT2D eigenvalue weighted by atomic mass is 16.5. The number of benzene rings is 1. The van der Waals surface area contributed by atoms with Gasteiger partial charge in [0.05, 0.1) is 12.8 Å². The van der Waals surface area contributed by atoms with Crippen LogP contribution in [0.2, 0.25) is 0 Å². The highest BCUT2D eigenvalue weighted by molar-refractivity contribution is 6.06. The second-order valence-electron chi connectivity index (χ2n) is 4.44. The zero-order valence-electron chi connectivity index (χ0n) is 11.6. The molecule has 0 spiro atoms. The highest BCUT2D eigenvalue weighted by Crippen LogP contribution is 2.23. The number of rotatable bonds is 4. The molecule has 0 saturated heterocycles. The van der Waals surface area contributed by atoms with Crippen LogP contribution in [-0.2, 0) is 7.05 Å². The predicted octanol–water partition coefficient (Wildman–Crippen LogP) is 2.49. The van der Waals surface area contributed by atoms with Crippen molar-refractivity contribution in [1.82, 2.24) is 4.57 Å². The highest BCUT2D eigenvalue weighted by Gasteiger charge is 2.15. The third kappa shape index (κ3) is 2.71. The monoisotopic (exact) mass is 272 g/mol. The molecule has 0 atom stereocenters. The first-order chi connectivity index (χ1) is 9.52. The average Bonchev–Trinajstić information content (AvgIpc) is 2.82. The van der Waals surface area contributed by atoms with Gasteiger partial charge in [-0.3, -0.25) is 9.59 Å². The van der Waals surface area contributed by atoms with Crippen molar-refractivity contribution < 1.29 is 14.3 Å². The predicted molar refractivity (Wildman–Crippen MR) is 76.4 cm³/mol. The van der Waals surface area contributed by atoms with Crippen LogP contribution in [0.25, 0.3) is 0 Å². The molecule has 0 aliphatic carbocycles. The summed E-state index contributed by atoms with van der Waals surface area (Å²) in [5, 5.41) is 2.77. The first-order valence-electron chi connectivity index (χ1n) is 6.14. The molecule has 0 radical (unpaired) electrons. The minimum absolute atomic E-state index is 0.0723. The fourth-order valence-corrected chi connectivity index (χ4v) is 1.92. The Morgan fingerprint density at radius 1 is 1.25 bits per heavy atom. The maximum atomic E-state index is 12.2. The van der Waals surface area contributed by atoms with Crippen molar-refractivity contribution in [2.24, 2.45) is 7.05 Å². The van der Waals surface area contributed by atoms with Crippen LogP contribution < -0.4 is 10.1 Å². The van der Waals surface area contributed by atoms with Gasteiger partial charge in [0.2, 0.25) is 0 Å². The number of hydrogen-bond donors (Lipinski definition) is 1. The van der Waals surface area contributed by atoms with Gasteiger partial charge in [-0.1, -0.05) is 12.1 Å². The van der Waals surface area contributed by atoms with Crippen molar-refractivity contribution in [2.45, 2.75) is 6.92 Å². The number of aryl methyl sites for hydroxylation is 1. The Morgan fingerprint density at radius 3 is 2.55 bits per heavy atom. The molecule has 0 aliphatic heterocycles. The molecule has 1 aromatic carbocycles. The van der Waals surface area contributed by atoms with E-state index in [0.717, 1.165) is 0 Å². The van der Waals surface area contributed by atoms with Gasteiger partial charge in [-0.05, 0) is 25.1 Å². The van der Waals surface area contributed by atoms with Gasteiger partial charge >= 0.3 is 0 Å². The first-order valence-corrected chi connectivity index (χ1v) is 6.14. The van der Waals surface area contributed by atoms with E-state index < -0.39 is 0 Å². The molecular formula is C15H16N2O3. The SMILES string of the molecule is COc1ccccc1NC(=O)c1cc(C(C)=O)cn1C. The van der Waals surface area contributed by atoms with Crippen molar-refractivity contribution in [1.29, 1.82) is 0 Å². The summed E-state index contributed by atoms with van der Waals surface area (Å²) < 4.78 is 6.81. The number of nitrogens with one attached hydrogen (secondary N) is 1. The Kier molecular flexibility index (Phi) is 3.89. The van der Waals surface area contributed by atoms with Crippen molar-refractivity contribution >= 4 is 17.4 Å². The van der Waals surface area contributed by atoms with E-state index >= 15 is 0 Å². The Hall–Kier alpha value is -2.56. The number of Topliss-reactive ketones (excluding diaryl/α,β-unsaturated/α-hetero) is 1. The molecule has 0 fully saturated rings. The molecule has 2 aromatic rings. The Labute approximate surface area is 117 Å². The molecule has 20 heavy (non-hydrogen) atoms. The smallest absolute Gasteiger partial charge is 0.272 e. The zero-order chi connectivity index (χ0) is 14.7. The third-order valence-electron chi connectivity index (χ3n) is 3.00. The van der Waals surface area contributed by atoms with Crippen LogP contribution in [0.15, 0.2) is 36.5 Å². The second kappa shape index (κ2) is 5.61. The number of hydrogen-bond acceptors (Lipinski definition) is 3. The fraction of sp³-hybridized carbons (Fsp3) is 0.200. The van der Waals surface area contributed by atoms with Gasteiger partial charge in [0, 0.05) is 18.8 Å². The molecule has 0 bridgehead atoms. The maximum Gasteiger partial charge on any atom is 0.272 e. The first kappa shape index (κ1) is 13.9. The van der Waals surface area contributed by atoms with Crippen molar-refractivity contribution in [2.75, 3.05) is 12.4 Å². The summed E-state index contributed by atoms with van der Waals surface area (Å²) in [7, 11) is 3.27. The topological polar surface area (TPSA) is 60.3 Å². The second-order valence-corrected chi connectivity index (χ2v) is 4.44. The quantitative estimate of drug-likeness (QED) is 0.870. The average molecular weight is 272 g/mol. The molecular weight excluding hydrogens is 256 g/mol. The number of anilines is 1. The number of methoxy groups -OCH3 is 1. The lowest BCUT2D eigenvalue weighted by atomic mass is 10.2. The lowest BCUT2D eigenvalue weighted by molar-refractivity contribution is 0.101. The lowest BCUT2D eigenvalue weighted by Crippen LogP contribution is -2.15. The summed E-state index contributed by atoms with van der Waals surface area (Å²) in [6.07, 6.45) is 1.64. The van der Waals surface area contributed by atoms with Gasteiger partial charge in [0.1, 0.15) is 11.4 Å². The van der Waals surface area contributed by atoms with Gasteiger partial charge in [-0.2, -0.15) is 0 Å². The molecule has 0 unspecified atom stereocenters. The van der Waals surface area contributed by atoms with Crippen LogP contribution in [0.3, 0.4) is 0 Å². The Bertz CT molecular complexity index is 659. The van der Waals surface area contributed by atoms with Crippen LogP contribution in [0.4, 0.5) is 5.69 Å². The summed E-state index contributed by atoms with van der Waals surface area (Å²) in [6, 6.07) is 8.73. The fourth-order valence-electron chi connectivity index (χ4n) is 1.92. The maximum absolute atomic E-state index is 12.2. The Balaban J connectivity index is 2.26. The normalized spacial score (nSPS) is 10.2. The van der Waals surface area contributed by atoms with E-state index in [1.54, 1.807) is 43.1 Å². The van der Waals surface area contributed by atoms with E-state index in [9.17, 15) is 9.59 Å². The minimum atomic E-state index is -0.287. The lowest BCUT2D eigenvalue weighted by Gasteiger charge is -2.09. The number of carbonyl (C=O) groups is 2. The van der Waals surface area contributed by atoms with Crippen molar-refractivity contribution in [3.05, 3.63) is 47.8 Å². The Morgan fingerprint density at radius 2 is 1.95 bits per heavy atom. The number of aromatic nitrogens is 1. The molecule has 104 valence electrons. The van der Waals surface area contributed by atoms with E-state index in [1.807, 2.05) is 12.1 Å². The molecule has 1 heterocycles. The molecule has 5 heteroatoms. The number of para-hydroxylation sites is 2. The molecule has 0 saturated carbocycles. The third-order valence-corrected chi connectivity index (χ3v) is 3.00. The van der Waals surface area contributed by atoms with Gasteiger partial charge in [0.15, 0.2) is 5.78 Å². The van der Waals surface area contributed by atoms with Crippen LogP contribution in [0.5, 0.6) is 5.75 Å². The molecule has 1 N–H and O–H groups in total. The van der Waals surface area contributed by atoms with Crippen LogP contribution in [-0.4, -0.2) is 23.4 Å². The molecule has 2 rings (SSSR count). The number of carbonyl (C=O) groups excluding carboxylic acids is 2. The summed E-state index contributed by atoms with van der Waals surface area (Å²) >= 11 is 0.